The molecule has 0 spiro atoms. The second-order valence-corrected chi connectivity index (χ2v) is 5.99. The van der Waals surface area contributed by atoms with E-state index in [4.69, 9.17) is 11.6 Å². The van der Waals surface area contributed by atoms with Crippen LogP contribution >= 0.6 is 39.3 Å². The minimum absolute atomic E-state index is 0.0140. The topological polar surface area (TPSA) is 69.9 Å². The quantitative estimate of drug-likeness (QED) is 0.589. The maximum absolute atomic E-state index is 11.2. The van der Waals surface area contributed by atoms with Crippen molar-refractivity contribution >= 4 is 45.3 Å². The number of tetrazole rings is 1. The van der Waals surface area contributed by atoms with Gasteiger partial charge in [-0.3, -0.25) is 4.79 Å². The molecule has 0 aliphatic heterocycles. The van der Waals surface area contributed by atoms with Crippen molar-refractivity contribution in [2.75, 3.05) is 7.11 Å². The van der Waals surface area contributed by atoms with E-state index in [1.807, 2.05) is 18.2 Å². The lowest BCUT2D eigenvalue weighted by Gasteiger charge is -2.05. The molecule has 0 amide bonds. The van der Waals surface area contributed by atoms with Crippen LogP contribution in [0.3, 0.4) is 0 Å². The number of halogens is 2. The van der Waals surface area contributed by atoms with Crippen LogP contribution in [0, 0.1) is 0 Å². The third kappa shape index (κ3) is 3.94. The molecule has 0 saturated carbocycles. The van der Waals surface area contributed by atoms with Gasteiger partial charge in [0.1, 0.15) is 6.54 Å². The summed E-state index contributed by atoms with van der Waals surface area (Å²) in [5, 5.41) is 12.4. The first kappa shape index (κ1) is 15.3. The average Bonchev–Trinajstić information content (AvgIpc) is 2.85. The Kier molecular flexibility index (Phi) is 5.38. The average molecular weight is 378 g/mol. The van der Waals surface area contributed by atoms with Gasteiger partial charge < -0.3 is 4.74 Å². The van der Waals surface area contributed by atoms with Crippen LogP contribution < -0.4 is 0 Å². The monoisotopic (exact) mass is 376 g/mol. The van der Waals surface area contributed by atoms with E-state index < -0.39 is 5.97 Å². The molecule has 0 atom stereocenters. The molecule has 6 nitrogen and oxygen atoms in total. The van der Waals surface area contributed by atoms with Crippen molar-refractivity contribution < 1.29 is 9.53 Å². The van der Waals surface area contributed by atoms with Crippen molar-refractivity contribution in [3.05, 3.63) is 33.3 Å². The van der Waals surface area contributed by atoms with Crippen LogP contribution in [-0.2, 0) is 21.8 Å². The van der Waals surface area contributed by atoms with Crippen molar-refractivity contribution in [1.29, 1.82) is 0 Å². The van der Waals surface area contributed by atoms with Gasteiger partial charge in [-0.05, 0) is 28.1 Å². The maximum Gasteiger partial charge on any atom is 0.327 e. The fourth-order valence-electron chi connectivity index (χ4n) is 1.37. The minimum atomic E-state index is -0.402. The van der Waals surface area contributed by atoms with Crippen LogP contribution in [0.4, 0.5) is 0 Å². The van der Waals surface area contributed by atoms with E-state index in [1.165, 1.54) is 23.6 Å². The number of hydrogen-bond donors (Lipinski definition) is 0. The number of benzene rings is 1. The molecule has 1 heterocycles. The lowest BCUT2D eigenvalue weighted by Crippen LogP contribution is -2.13. The molecule has 106 valence electrons. The molecule has 1 aromatic carbocycles. The Labute approximate surface area is 133 Å². The Morgan fingerprint density at radius 2 is 2.35 bits per heavy atom. The highest BCUT2D eigenvalue weighted by molar-refractivity contribution is 9.10. The predicted molar refractivity (Wildman–Crippen MR) is 78.5 cm³/mol. The van der Waals surface area contributed by atoms with Crippen molar-refractivity contribution in [2.24, 2.45) is 0 Å². The molecule has 0 aliphatic carbocycles. The first-order chi connectivity index (χ1) is 9.60. The molecular formula is C11H10BrClN4O2S. The third-order valence-electron chi connectivity index (χ3n) is 2.38. The van der Waals surface area contributed by atoms with Gasteiger partial charge in [-0.1, -0.05) is 45.4 Å². The summed E-state index contributed by atoms with van der Waals surface area (Å²) in [6.07, 6.45) is 0. The zero-order chi connectivity index (χ0) is 14.5. The summed E-state index contributed by atoms with van der Waals surface area (Å²) in [4.78, 5) is 11.2. The van der Waals surface area contributed by atoms with Crippen LogP contribution in [-0.4, -0.2) is 33.3 Å². The molecule has 0 N–H and O–H groups in total. The number of carbonyl (C=O) groups excluding carboxylic acids is 1. The van der Waals surface area contributed by atoms with E-state index in [1.54, 1.807) is 0 Å². The Morgan fingerprint density at radius 3 is 3.05 bits per heavy atom. The summed E-state index contributed by atoms with van der Waals surface area (Å²) in [5.41, 5.74) is 0.965. The van der Waals surface area contributed by atoms with Gasteiger partial charge in [0.25, 0.3) is 0 Å². The highest BCUT2D eigenvalue weighted by Crippen LogP contribution is 2.27. The van der Waals surface area contributed by atoms with Crippen molar-refractivity contribution in [3.63, 3.8) is 0 Å². The summed E-state index contributed by atoms with van der Waals surface area (Å²) in [5.74, 6) is 0.203. The van der Waals surface area contributed by atoms with Gasteiger partial charge in [-0.25, -0.2) is 4.68 Å². The molecule has 20 heavy (non-hydrogen) atoms. The summed E-state index contributed by atoms with van der Waals surface area (Å²) in [6, 6.07) is 5.67. The summed E-state index contributed by atoms with van der Waals surface area (Å²) in [7, 11) is 1.32. The molecule has 0 fully saturated rings. The van der Waals surface area contributed by atoms with E-state index in [0.717, 1.165) is 10.0 Å². The summed E-state index contributed by atoms with van der Waals surface area (Å²) < 4.78 is 6.90. The van der Waals surface area contributed by atoms with Gasteiger partial charge in [0, 0.05) is 15.2 Å². The standard InChI is InChI=1S/C11H10BrClN4O2S/c1-19-10(18)5-17-11(14-15-16-17)20-6-7-2-3-8(12)4-9(7)13/h2-4H,5-6H2,1H3. The second-order valence-electron chi connectivity index (χ2n) is 3.72. The highest BCUT2D eigenvalue weighted by atomic mass is 79.9. The molecule has 2 aromatic rings. The van der Waals surface area contributed by atoms with Gasteiger partial charge >= 0.3 is 5.97 Å². The van der Waals surface area contributed by atoms with Crippen LogP contribution in [0.2, 0.25) is 5.02 Å². The first-order valence-electron chi connectivity index (χ1n) is 5.50. The Bertz CT molecular complexity index is 622. The van der Waals surface area contributed by atoms with E-state index in [0.29, 0.717) is 15.9 Å². The van der Waals surface area contributed by atoms with E-state index in [2.05, 4.69) is 36.2 Å². The largest absolute Gasteiger partial charge is 0.468 e. The fraction of sp³-hybridized carbons (Fsp3) is 0.273. The Morgan fingerprint density at radius 1 is 1.55 bits per heavy atom. The normalized spacial score (nSPS) is 10.6. The molecule has 0 bridgehead atoms. The summed E-state index contributed by atoms with van der Waals surface area (Å²) >= 11 is 10.9. The number of methoxy groups -OCH3 is 1. The third-order valence-corrected chi connectivity index (χ3v) is 4.23. The predicted octanol–water partition coefficient (Wildman–Crippen LogP) is 2.55. The number of rotatable bonds is 5. The van der Waals surface area contributed by atoms with Crippen molar-refractivity contribution in [2.45, 2.75) is 17.5 Å². The smallest absolute Gasteiger partial charge is 0.327 e. The molecule has 0 aliphatic rings. The Hall–Kier alpha value is -1.12. The zero-order valence-electron chi connectivity index (χ0n) is 10.4. The van der Waals surface area contributed by atoms with Gasteiger partial charge in [-0.2, -0.15) is 0 Å². The Balaban J connectivity index is 2.04. The second kappa shape index (κ2) is 7.05. The minimum Gasteiger partial charge on any atom is -0.468 e. The molecule has 0 radical (unpaired) electrons. The first-order valence-corrected chi connectivity index (χ1v) is 7.65. The number of carbonyl (C=O) groups is 1. The fourth-order valence-corrected chi connectivity index (χ4v) is 3.07. The lowest BCUT2D eigenvalue weighted by molar-refractivity contribution is -0.141. The van der Waals surface area contributed by atoms with Crippen LogP contribution in [0.1, 0.15) is 5.56 Å². The molecule has 9 heteroatoms. The van der Waals surface area contributed by atoms with Crippen molar-refractivity contribution in [3.8, 4) is 0 Å². The van der Waals surface area contributed by atoms with Crippen LogP contribution in [0.5, 0.6) is 0 Å². The molecule has 0 saturated heterocycles. The van der Waals surface area contributed by atoms with E-state index in [-0.39, 0.29) is 6.54 Å². The number of ether oxygens (including phenoxy) is 1. The SMILES string of the molecule is COC(=O)Cn1nnnc1SCc1ccc(Br)cc1Cl. The molecule has 2 rings (SSSR count). The van der Waals surface area contributed by atoms with Gasteiger partial charge in [0.05, 0.1) is 7.11 Å². The van der Waals surface area contributed by atoms with Gasteiger partial charge in [-0.15, -0.1) is 5.10 Å². The molecule has 0 unspecified atom stereocenters. The van der Waals surface area contributed by atoms with E-state index in [9.17, 15) is 4.79 Å². The summed E-state index contributed by atoms with van der Waals surface area (Å²) in [6.45, 7) is -0.0140. The van der Waals surface area contributed by atoms with Gasteiger partial charge in [0.2, 0.25) is 5.16 Å². The van der Waals surface area contributed by atoms with Gasteiger partial charge in [0.15, 0.2) is 0 Å². The lowest BCUT2D eigenvalue weighted by atomic mass is 10.2. The zero-order valence-corrected chi connectivity index (χ0v) is 13.6. The highest BCUT2D eigenvalue weighted by Gasteiger charge is 2.12. The number of esters is 1. The van der Waals surface area contributed by atoms with E-state index >= 15 is 0 Å². The van der Waals surface area contributed by atoms with Crippen LogP contribution in [0.15, 0.2) is 27.8 Å². The molecular weight excluding hydrogens is 368 g/mol. The van der Waals surface area contributed by atoms with Crippen molar-refractivity contribution in [1.82, 2.24) is 20.2 Å². The van der Waals surface area contributed by atoms with Crippen LogP contribution in [0.25, 0.3) is 0 Å². The number of thioether (sulfide) groups is 1. The maximum atomic E-state index is 11.2. The number of aromatic nitrogens is 4. The number of hydrogen-bond acceptors (Lipinski definition) is 6. The molecule has 1 aromatic heterocycles. The number of nitrogens with zero attached hydrogens (tertiary/aromatic N) is 4.